The number of halogens is 2. The van der Waals surface area contributed by atoms with Gasteiger partial charge in [0.15, 0.2) is 0 Å². The molecule has 7 heteroatoms. The Kier molecular flexibility index (Phi) is 8.47. The molecular formula is C29H26Cl2N2O3. The molecule has 0 bridgehead atoms. The molecule has 0 N–H and O–H groups in total. The van der Waals surface area contributed by atoms with Gasteiger partial charge in [-0.15, -0.1) is 0 Å². The van der Waals surface area contributed by atoms with Gasteiger partial charge in [0.25, 0.3) is 0 Å². The first kappa shape index (κ1) is 25.5. The predicted molar refractivity (Wildman–Crippen MR) is 146 cm³/mol. The van der Waals surface area contributed by atoms with Crippen molar-refractivity contribution in [1.82, 2.24) is 9.55 Å². The first-order valence-electron chi connectivity index (χ1n) is 11.5. The number of esters is 1. The molecule has 0 amide bonds. The zero-order valence-corrected chi connectivity index (χ0v) is 21.6. The van der Waals surface area contributed by atoms with E-state index in [1.807, 2.05) is 66.4 Å². The summed E-state index contributed by atoms with van der Waals surface area (Å²) in [6.45, 7) is 0.472. The lowest BCUT2D eigenvalue weighted by atomic mass is 10.0. The Balaban J connectivity index is 1.38. The SMILES string of the molecule is COC(=O)CCCOc1ccc(-c2ccc(/C=C/c3nc(-c4ccc(Cl)cc4Cl)cn3C)cc2)cc1. The van der Waals surface area contributed by atoms with Gasteiger partial charge >= 0.3 is 5.97 Å². The summed E-state index contributed by atoms with van der Waals surface area (Å²) in [4.78, 5) is 15.9. The standard InChI is InChI=1S/C29H26Cl2N2O3/c1-33-19-27(25-15-12-23(30)18-26(25)31)32-28(33)16-7-20-5-8-21(9-6-20)22-10-13-24(14-11-22)36-17-3-4-29(34)35-2/h5-16,18-19H,3-4,17H2,1-2H3/b16-7+. The van der Waals surface area contributed by atoms with Crippen LogP contribution in [-0.4, -0.2) is 29.2 Å². The van der Waals surface area contributed by atoms with Crippen LogP contribution < -0.4 is 4.74 Å². The average molecular weight is 521 g/mol. The molecule has 4 rings (SSSR count). The summed E-state index contributed by atoms with van der Waals surface area (Å²) in [6.07, 6.45) is 6.94. The molecule has 0 unspecified atom stereocenters. The van der Waals surface area contributed by atoms with Gasteiger partial charge in [0.05, 0.1) is 24.4 Å². The van der Waals surface area contributed by atoms with Crippen LogP contribution in [0.5, 0.6) is 5.75 Å². The number of carbonyl (C=O) groups is 1. The minimum atomic E-state index is -0.222. The van der Waals surface area contributed by atoms with Gasteiger partial charge in [-0.25, -0.2) is 4.98 Å². The lowest BCUT2D eigenvalue weighted by molar-refractivity contribution is -0.140. The zero-order valence-electron chi connectivity index (χ0n) is 20.1. The Morgan fingerprint density at radius 3 is 2.33 bits per heavy atom. The van der Waals surface area contributed by atoms with E-state index in [-0.39, 0.29) is 5.97 Å². The fourth-order valence-corrected chi connectivity index (χ4v) is 4.18. The zero-order chi connectivity index (χ0) is 25.5. The minimum absolute atomic E-state index is 0.222. The Morgan fingerprint density at radius 2 is 1.67 bits per heavy atom. The second kappa shape index (κ2) is 11.9. The number of methoxy groups -OCH3 is 1. The summed E-state index contributed by atoms with van der Waals surface area (Å²) in [5.41, 5.74) is 4.92. The smallest absolute Gasteiger partial charge is 0.305 e. The van der Waals surface area contributed by atoms with E-state index in [4.69, 9.17) is 32.9 Å². The van der Waals surface area contributed by atoms with Crippen LogP contribution in [0.3, 0.4) is 0 Å². The van der Waals surface area contributed by atoms with E-state index in [0.717, 1.165) is 39.5 Å². The summed E-state index contributed by atoms with van der Waals surface area (Å²) in [5, 5.41) is 1.17. The number of aromatic nitrogens is 2. The third-order valence-corrected chi connectivity index (χ3v) is 6.21. The van der Waals surface area contributed by atoms with Gasteiger partial charge in [0, 0.05) is 30.3 Å². The molecule has 0 aliphatic carbocycles. The summed E-state index contributed by atoms with van der Waals surface area (Å²) in [5.74, 6) is 1.37. The lowest BCUT2D eigenvalue weighted by Crippen LogP contribution is -2.04. The molecule has 3 aromatic carbocycles. The fraction of sp³-hybridized carbons (Fsp3) is 0.172. The van der Waals surface area contributed by atoms with Gasteiger partial charge < -0.3 is 14.0 Å². The van der Waals surface area contributed by atoms with Crippen molar-refractivity contribution in [1.29, 1.82) is 0 Å². The van der Waals surface area contributed by atoms with Crippen molar-refractivity contribution in [2.45, 2.75) is 12.8 Å². The number of imidazole rings is 1. The number of hydrogen-bond acceptors (Lipinski definition) is 4. The van der Waals surface area contributed by atoms with Crippen LogP contribution in [0, 0.1) is 0 Å². The van der Waals surface area contributed by atoms with Gasteiger partial charge in [-0.3, -0.25) is 4.79 Å². The second-order valence-electron chi connectivity index (χ2n) is 8.23. The Hall–Kier alpha value is -3.54. The highest BCUT2D eigenvalue weighted by Crippen LogP contribution is 2.30. The molecule has 1 heterocycles. The quantitative estimate of drug-likeness (QED) is 0.168. The second-order valence-corrected chi connectivity index (χ2v) is 9.07. The predicted octanol–water partition coefficient (Wildman–Crippen LogP) is 7.56. The summed E-state index contributed by atoms with van der Waals surface area (Å²) >= 11 is 12.4. The number of aryl methyl sites for hydroxylation is 1. The third kappa shape index (κ3) is 6.56. The van der Waals surface area contributed by atoms with Crippen LogP contribution >= 0.6 is 23.2 Å². The maximum Gasteiger partial charge on any atom is 0.305 e. The molecule has 1 aromatic heterocycles. The molecule has 0 aliphatic heterocycles. The van der Waals surface area contributed by atoms with Crippen molar-refractivity contribution >= 4 is 41.3 Å². The molecule has 4 aromatic rings. The van der Waals surface area contributed by atoms with Crippen LogP contribution in [-0.2, 0) is 16.6 Å². The van der Waals surface area contributed by atoms with E-state index in [9.17, 15) is 4.79 Å². The topological polar surface area (TPSA) is 53.4 Å². The molecular weight excluding hydrogens is 495 g/mol. The van der Waals surface area contributed by atoms with E-state index in [1.165, 1.54) is 7.11 Å². The number of benzene rings is 3. The van der Waals surface area contributed by atoms with Crippen molar-refractivity contribution < 1.29 is 14.3 Å². The van der Waals surface area contributed by atoms with E-state index >= 15 is 0 Å². The molecule has 0 spiro atoms. The van der Waals surface area contributed by atoms with Crippen molar-refractivity contribution in [3.63, 3.8) is 0 Å². The Bertz CT molecular complexity index is 1360. The van der Waals surface area contributed by atoms with Gasteiger partial charge in [-0.2, -0.15) is 0 Å². The van der Waals surface area contributed by atoms with Crippen LogP contribution in [0.2, 0.25) is 10.0 Å². The van der Waals surface area contributed by atoms with Crippen LogP contribution in [0.1, 0.15) is 24.2 Å². The molecule has 0 atom stereocenters. The molecule has 0 radical (unpaired) electrons. The van der Waals surface area contributed by atoms with Crippen molar-refractivity contribution in [2.24, 2.45) is 7.05 Å². The number of hydrogen-bond donors (Lipinski definition) is 0. The summed E-state index contributed by atoms with van der Waals surface area (Å²) in [6, 6.07) is 21.7. The van der Waals surface area contributed by atoms with E-state index < -0.39 is 0 Å². The maximum atomic E-state index is 11.2. The summed E-state index contributed by atoms with van der Waals surface area (Å²) in [7, 11) is 3.34. The molecule has 0 saturated heterocycles. The molecule has 0 fully saturated rings. The lowest BCUT2D eigenvalue weighted by Gasteiger charge is -2.07. The van der Waals surface area contributed by atoms with E-state index in [2.05, 4.69) is 29.0 Å². The summed E-state index contributed by atoms with van der Waals surface area (Å²) < 4.78 is 12.3. The number of ether oxygens (including phenoxy) is 2. The van der Waals surface area contributed by atoms with Crippen molar-refractivity contribution in [3.8, 4) is 28.1 Å². The maximum absolute atomic E-state index is 11.2. The molecule has 184 valence electrons. The van der Waals surface area contributed by atoms with Gasteiger partial charge in [-0.05, 0) is 59.5 Å². The average Bonchev–Trinajstić information content (AvgIpc) is 3.25. The molecule has 0 saturated carbocycles. The molecule has 36 heavy (non-hydrogen) atoms. The first-order valence-corrected chi connectivity index (χ1v) is 12.3. The Morgan fingerprint density at radius 1 is 0.972 bits per heavy atom. The van der Waals surface area contributed by atoms with Crippen LogP contribution in [0.15, 0.2) is 72.9 Å². The number of carbonyl (C=O) groups excluding carboxylic acids is 1. The fourth-order valence-electron chi connectivity index (χ4n) is 3.67. The van der Waals surface area contributed by atoms with E-state index in [0.29, 0.717) is 29.5 Å². The highest BCUT2D eigenvalue weighted by molar-refractivity contribution is 6.36. The molecule has 5 nitrogen and oxygen atoms in total. The molecule has 0 aliphatic rings. The largest absolute Gasteiger partial charge is 0.494 e. The van der Waals surface area contributed by atoms with Gasteiger partial charge in [-0.1, -0.05) is 65.7 Å². The van der Waals surface area contributed by atoms with Crippen LogP contribution in [0.4, 0.5) is 0 Å². The van der Waals surface area contributed by atoms with Crippen molar-refractivity contribution in [3.05, 3.63) is 94.4 Å². The Labute approximate surface area is 220 Å². The minimum Gasteiger partial charge on any atom is -0.494 e. The third-order valence-electron chi connectivity index (χ3n) is 5.66. The highest BCUT2D eigenvalue weighted by Gasteiger charge is 2.09. The monoisotopic (exact) mass is 520 g/mol. The number of rotatable bonds is 9. The highest BCUT2D eigenvalue weighted by atomic mass is 35.5. The van der Waals surface area contributed by atoms with E-state index in [1.54, 1.807) is 6.07 Å². The first-order chi connectivity index (χ1) is 17.4. The normalized spacial score (nSPS) is 11.1. The van der Waals surface area contributed by atoms with Gasteiger partial charge in [0.1, 0.15) is 11.6 Å². The van der Waals surface area contributed by atoms with Crippen LogP contribution in [0.25, 0.3) is 34.5 Å². The number of nitrogens with zero attached hydrogens (tertiary/aromatic N) is 2. The van der Waals surface area contributed by atoms with Gasteiger partial charge in [0.2, 0.25) is 0 Å². The van der Waals surface area contributed by atoms with Crippen molar-refractivity contribution in [2.75, 3.05) is 13.7 Å².